The first-order valence-corrected chi connectivity index (χ1v) is 13.1. The number of nitrogens with zero attached hydrogens (tertiary/aromatic N) is 1. The Hall–Kier alpha value is -2.87. The minimum atomic E-state index is -3.74. The Labute approximate surface area is 194 Å². The van der Waals surface area contributed by atoms with Crippen molar-refractivity contribution in [1.29, 1.82) is 0 Å². The number of nitrogens with one attached hydrogen (secondary N) is 2. The van der Waals surface area contributed by atoms with E-state index < -0.39 is 10.0 Å². The highest BCUT2D eigenvalue weighted by molar-refractivity contribution is 7.92. The van der Waals surface area contributed by atoms with E-state index in [1.165, 1.54) is 49.9 Å². The number of hydrogen-bond acceptors (Lipinski definition) is 5. The Morgan fingerprint density at radius 1 is 0.939 bits per heavy atom. The molecule has 2 aromatic carbocycles. The summed E-state index contributed by atoms with van der Waals surface area (Å²) < 4.78 is 33.2. The van der Waals surface area contributed by atoms with Gasteiger partial charge < -0.3 is 4.74 Å². The Morgan fingerprint density at radius 3 is 2.12 bits per heavy atom. The summed E-state index contributed by atoms with van der Waals surface area (Å²) in [5.74, 6) is 3.09. The van der Waals surface area contributed by atoms with Crippen molar-refractivity contribution >= 4 is 27.3 Å². The van der Waals surface area contributed by atoms with E-state index in [2.05, 4.69) is 15.2 Å². The second-order valence-electron chi connectivity index (χ2n) is 9.37. The van der Waals surface area contributed by atoms with Gasteiger partial charge in [0.05, 0.1) is 11.5 Å². The third-order valence-electron chi connectivity index (χ3n) is 7.11. The third kappa shape index (κ3) is 4.62. The summed E-state index contributed by atoms with van der Waals surface area (Å²) in [5, 5.41) is 4.54. The molecule has 174 valence electrons. The van der Waals surface area contributed by atoms with Crippen molar-refractivity contribution in [2.45, 2.75) is 43.9 Å². The SMILES string of the molecule is CCOc1ccc(S(=O)(=O)Nc2ccc(C(=O)NN=C3C4CC5CC(C4)CC3C5)cc2)cc1. The topological polar surface area (TPSA) is 96.9 Å². The number of benzene rings is 2. The zero-order valence-corrected chi connectivity index (χ0v) is 19.5. The van der Waals surface area contributed by atoms with Gasteiger partial charge >= 0.3 is 0 Å². The Kier molecular flexibility index (Phi) is 5.86. The molecule has 4 fully saturated rings. The molecule has 4 saturated carbocycles. The zero-order valence-electron chi connectivity index (χ0n) is 18.7. The number of hydrazone groups is 1. The molecule has 0 aliphatic heterocycles. The molecule has 2 aromatic rings. The highest BCUT2D eigenvalue weighted by Crippen LogP contribution is 2.52. The summed E-state index contributed by atoms with van der Waals surface area (Å²) in [6, 6.07) is 12.6. The van der Waals surface area contributed by atoms with Gasteiger partial charge in [0.2, 0.25) is 0 Å². The average Bonchev–Trinajstić information content (AvgIpc) is 2.79. The van der Waals surface area contributed by atoms with Crippen LogP contribution in [0.15, 0.2) is 58.5 Å². The number of amides is 1. The molecule has 0 spiro atoms. The van der Waals surface area contributed by atoms with Crippen LogP contribution in [0.25, 0.3) is 0 Å². The molecule has 7 nitrogen and oxygen atoms in total. The quantitative estimate of drug-likeness (QED) is 0.589. The van der Waals surface area contributed by atoms with Gasteiger partial charge in [-0.15, -0.1) is 0 Å². The Bertz CT molecular complexity index is 1130. The zero-order chi connectivity index (χ0) is 23.0. The van der Waals surface area contributed by atoms with Crippen LogP contribution in [0, 0.1) is 23.7 Å². The molecule has 2 N–H and O–H groups in total. The highest BCUT2D eigenvalue weighted by atomic mass is 32.2. The van der Waals surface area contributed by atoms with E-state index in [-0.39, 0.29) is 10.8 Å². The standard InChI is InChI=1S/C25H29N3O4S/c1-2-32-22-7-9-23(10-8-22)33(30,31)28-21-5-3-18(4-6-21)25(29)27-26-24-19-12-16-11-17(14-19)15-20(24)13-16/h3-10,16-17,19-20,28H,2,11-15H2,1H3,(H,27,29). The minimum Gasteiger partial charge on any atom is -0.494 e. The number of rotatable bonds is 7. The lowest BCUT2D eigenvalue weighted by Gasteiger charge is -2.50. The average molecular weight is 468 g/mol. The number of carbonyl (C=O) groups is 1. The summed E-state index contributed by atoms with van der Waals surface area (Å²) in [7, 11) is -3.74. The predicted molar refractivity (Wildman–Crippen MR) is 127 cm³/mol. The molecule has 0 aromatic heterocycles. The molecule has 0 radical (unpaired) electrons. The van der Waals surface area contributed by atoms with Crippen LogP contribution in [0.5, 0.6) is 5.75 Å². The second-order valence-corrected chi connectivity index (χ2v) is 11.1. The van der Waals surface area contributed by atoms with Crippen LogP contribution < -0.4 is 14.9 Å². The summed E-state index contributed by atoms with van der Waals surface area (Å²) in [5.41, 5.74) is 4.73. The normalized spacial score (nSPS) is 25.5. The molecule has 4 aliphatic carbocycles. The molecular formula is C25H29N3O4S. The fraction of sp³-hybridized carbons (Fsp3) is 0.440. The van der Waals surface area contributed by atoms with Crippen molar-refractivity contribution in [2.75, 3.05) is 11.3 Å². The van der Waals surface area contributed by atoms with E-state index >= 15 is 0 Å². The Morgan fingerprint density at radius 2 is 1.55 bits per heavy atom. The largest absolute Gasteiger partial charge is 0.494 e. The van der Waals surface area contributed by atoms with Crippen molar-refractivity contribution < 1.29 is 17.9 Å². The van der Waals surface area contributed by atoms with Crippen molar-refractivity contribution in [1.82, 2.24) is 5.43 Å². The number of sulfonamides is 1. The van der Waals surface area contributed by atoms with E-state index in [0.717, 1.165) is 11.8 Å². The van der Waals surface area contributed by atoms with Crippen molar-refractivity contribution in [3.05, 3.63) is 54.1 Å². The Balaban J connectivity index is 1.21. The maximum Gasteiger partial charge on any atom is 0.271 e. The van der Waals surface area contributed by atoms with Gasteiger partial charge in [0, 0.05) is 17.0 Å². The van der Waals surface area contributed by atoms with E-state index in [9.17, 15) is 13.2 Å². The van der Waals surface area contributed by atoms with Crippen LogP contribution in [0.4, 0.5) is 5.69 Å². The molecule has 8 heteroatoms. The van der Waals surface area contributed by atoms with Crippen LogP contribution in [-0.2, 0) is 10.0 Å². The molecule has 1 amide bonds. The molecule has 0 heterocycles. The lowest BCUT2D eigenvalue weighted by atomic mass is 9.55. The van der Waals surface area contributed by atoms with E-state index in [1.54, 1.807) is 36.4 Å². The first kappa shape index (κ1) is 21.9. The van der Waals surface area contributed by atoms with Crippen molar-refractivity contribution in [3.8, 4) is 5.75 Å². The molecule has 0 unspecified atom stereocenters. The molecule has 33 heavy (non-hydrogen) atoms. The number of hydrogen-bond donors (Lipinski definition) is 2. The van der Waals surface area contributed by atoms with Crippen LogP contribution in [0.2, 0.25) is 0 Å². The van der Waals surface area contributed by atoms with Gasteiger partial charge in [0.15, 0.2) is 0 Å². The summed E-state index contributed by atoms with van der Waals surface area (Å²) in [6.45, 7) is 2.38. The maximum absolute atomic E-state index is 12.6. The van der Waals surface area contributed by atoms with Gasteiger partial charge in [-0.05, 0) is 111 Å². The number of carbonyl (C=O) groups excluding carboxylic acids is 1. The van der Waals surface area contributed by atoms with Gasteiger partial charge in [0.25, 0.3) is 15.9 Å². The first-order chi connectivity index (χ1) is 15.9. The number of anilines is 1. The lowest BCUT2D eigenvalue weighted by Crippen LogP contribution is -2.46. The lowest BCUT2D eigenvalue weighted by molar-refractivity contribution is 0.0942. The van der Waals surface area contributed by atoms with Crippen LogP contribution in [0.1, 0.15) is 49.4 Å². The molecule has 4 bridgehead atoms. The molecule has 0 atom stereocenters. The number of ether oxygens (including phenoxy) is 1. The van der Waals surface area contributed by atoms with Gasteiger partial charge in [-0.25, -0.2) is 13.8 Å². The smallest absolute Gasteiger partial charge is 0.271 e. The van der Waals surface area contributed by atoms with Gasteiger partial charge in [-0.2, -0.15) is 5.10 Å². The third-order valence-corrected chi connectivity index (χ3v) is 8.50. The van der Waals surface area contributed by atoms with E-state index in [0.29, 0.717) is 35.4 Å². The summed E-state index contributed by atoms with van der Waals surface area (Å²) >= 11 is 0. The fourth-order valence-corrected chi connectivity index (χ4v) is 6.87. The van der Waals surface area contributed by atoms with Crippen LogP contribution >= 0.6 is 0 Å². The van der Waals surface area contributed by atoms with Crippen LogP contribution in [0.3, 0.4) is 0 Å². The van der Waals surface area contributed by atoms with Gasteiger partial charge in [-0.1, -0.05) is 0 Å². The molecule has 0 saturated heterocycles. The minimum absolute atomic E-state index is 0.138. The second kappa shape index (κ2) is 8.82. The maximum atomic E-state index is 12.6. The summed E-state index contributed by atoms with van der Waals surface area (Å²) in [4.78, 5) is 12.8. The van der Waals surface area contributed by atoms with E-state index in [1.807, 2.05) is 6.92 Å². The van der Waals surface area contributed by atoms with Gasteiger partial charge in [-0.3, -0.25) is 9.52 Å². The predicted octanol–water partition coefficient (Wildman–Crippen LogP) is 4.43. The summed E-state index contributed by atoms with van der Waals surface area (Å²) in [6.07, 6.45) is 6.23. The molecular weight excluding hydrogens is 438 g/mol. The van der Waals surface area contributed by atoms with Crippen molar-refractivity contribution in [3.63, 3.8) is 0 Å². The highest BCUT2D eigenvalue weighted by Gasteiger charge is 2.46. The van der Waals surface area contributed by atoms with Crippen molar-refractivity contribution in [2.24, 2.45) is 28.8 Å². The van der Waals surface area contributed by atoms with Crippen LogP contribution in [-0.4, -0.2) is 26.6 Å². The monoisotopic (exact) mass is 467 g/mol. The molecule has 4 aliphatic rings. The first-order valence-electron chi connectivity index (χ1n) is 11.6. The fourth-order valence-electron chi connectivity index (χ4n) is 5.81. The van der Waals surface area contributed by atoms with Gasteiger partial charge in [0.1, 0.15) is 5.75 Å². The van der Waals surface area contributed by atoms with E-state index in [4.69, 9.17) is 4.74 Å². The molecule has 6 rings (SSSR count).